The lowest BCUT2D eigenvalue weighted by atomic mass is 9.51. The molecular weight excluding hydrogens is 144 g/mol. The largest absolute Gasteiger partial charge is 0.0651 e. The highest BCUT2D eigenvalue weighted by molar-refractivity contribution is 4.97. The van der Waals surface area contributed by atoms with E-state index in [1.165, 1.54) is 32.1 Å². The molecule has 0 spiro atoms. The van der Waals surface area contributed by atoms with Crippen molar-refractivity contribution in [3.8, 4) is 0 Å². The van der Waals surface area contributed by atoms with E-state index in [2.05, 4.69) is 0 Å². The molecule has 0 aromatic carbocycles. The molecule has 0 atom stereocenters. The highest BCUT2D eigenvalue weighted by atomic mass is 14.5. The second-order valence-electron chi connectivity index (χ2n) is 5.25. The van der Waals surface area contributed by atoms with Crippen molar-refractivity contribution in [3.63, 3.8) is 0 Å². The van der Waals surface area contributed by atoms with Gasteiger partial charge >= 0.3 is 0 Å². The van der Waals surface area contributed by atoms with E-state index in [9.17, 15) is 0 Å². The Labute approximate surface area is 78.5 Å². The Morgan fingerprint density at radius 3 is 1.92 bits per heavy atom. The fraction of sp³-hybridized carbons (Fsp3) is 1.00. The van der Waals surface area contributed by atoms with Gasteiger partial charge in [-0.25, -0.2) is 0 Å². The van der Waals surface area contributed by atoms with Crippen LogP contribution in [0, 0.1) is 29.6 Å². The summed E-state index contributed by atoms with van der Waals surface area (Å²) in [6.07, 6.45) is 5.89. The molecule has 4 bridgehead atoms. The van der Waals surface area contributed by atoms with Gasteiger partial charge in [-0.2, -0.15) is 0 Å². The predicted octanol–water partition coefficient (Wildman–Crippen LogP) is 3.47. The number of hydrogen-bond donors (Lipinski definition) is 0. The van der Waals surface area contributed by atoms with Gasteiger partial charge in [0.1, 0.15) is 0 Å². The van der Waals surface area contributed by atoms with Gasteiger partial charge < -0.3 is 0 Å². The fourth-order valence-corrected chi connectivity index (χ4v) is 4.40. The van der Waals surface area contributed by atoms with Crippen molar-refractivity contribution in [2.24, 2.45) is 29.6 Å². The van der Waals surface area contributed by atoms with E-state index in [4.69, 9.17) is 2.74 Å². The van der Waals surface area contributed by atoms with Crippen LogP contribution in [0.25, 0.3) is 0 Å². The first-order valence-corrected chi connectivity index (χ1v) is 5.54. The van der Waals surface area contributed by atoms with E-state index < -0.39 is 6.37 Å². The number of rotatable bonds is 1. The first kappa shape index (κ1) is 5.67. The molecule has 0 aliphatic heterocycles. The molecule has 0 N–H and O–H groups in total. The molecule has 0 aromatic heterocycles. The molecule has 0 heterocycles. The summed E-state index contributed by atoms with van der Waals surface area (Å²) in [7, 11) is 0. The Hall–Kier alpha value is 0. The van der Waals surface area contributed by atoms with Crippen LogP contribution in [0.3, 0.4) is 0 Å². The van der Waals surface area contributed by atoms with Crippen LogP contribution < -0.4 is 0 Å². The van der Waals surface area contributed by atoms with Crippen LogP contribution >= 0.6 is 0 Å². The highest BCUT2D eigenvalue weighted by Gasteiger charge is 2.47. The van der Waals surface area contributed by atoms with Crippen molar-refractivity contribution in [2.75, 3.05) is 0 Å². The van der Waals surface area contributed by atoms with Crippen LogP contribution in [-0.2, 0) is 0 Å². The minimum Gasteiger partial charge on any atom is -0.0651 e. The maximum Gasteiger partial charge on any atom is 0.0267 e. The van der Waals surface area contributed by atoms with Crippen molar-refractivity contribution in [1.82, 2.24) is 0 Å². The van der Waals surface area contributed by atoms with E-state index in [1.54, 1.807) is 6.92 Å². The molecule has 0 radical (unpaired) electrons. The molecule has 12 heavy (non-hydrogen) atoms. The lowest BCUT2D eigenvalue weighted by molar-refractivity contribution is -0.0376. The molecular formula is C12H20. The minimum atomic E-state index is -0.928. The Balaban J connectivity index is 1.88. The van der Waals surface area contributed by atoms with Crippen LogP contribution in [0.5, 0.6) is 0 Å². The maximum atomic E-state index is 7.97. The maximum absolute atomic E-state index is 7.97. The minimum absolute atomic E-state index is 0.385. The zero-order valence-corrected chi connectivity index (χ0v) is 7.92. The molecule has 4 saturated carbocycles. The second kappa shape index (κ2) is 2.49. The lowest BCUT2D eigenvalue weighted by Gasteiger charge is -2.54. The highest BCUT2D eigenvalue weighted by Crippen LogP contribution is 2.57. The molecule has 0 saturated heterocycles. The Morgan fingerprint density at radius 2 is 1.50 bits per heavy atom. The molecule has 0 unspecified atom stereocenters. The molecule has 4 aliphatic carbocycles. The van der Waals surface area contributed by atoms with E-state index in [1.807, 2.05) is 0 Å². The third-order valence-corrected chi connectivity index (χ3v) is 4.56. The van der Waals surface area contributed by atoms with Gasteiger partial charge in [0.05, 0.1) is 0 Å². The van der Waals surface area contributed by atoms with E-state index in [0.29, 0.717) is 5.92 Å². The van der Waals surface area contributed by atoms with E-state index in [-0.39, 0.29) is 0 Å². The molecule has 4 rings (SSSR count). The average Bonchev–Trinajstić information content (AvgIpc) is 1.97. The SMILES string of the molecule is [2H]C([2H])(C)C1C2CC3CC(C2)CC1C3. The topological polar surface area (TPSA) is 0 Å². The van der Waals surface area contributed by atoms with Crippen molar-refractivity contribution in [2.45, 2.75) is 45.4 Å². The second-order valence-corrected chi connectivity index (χ2v) is 5.25. The lowest BCUT2D eigenvalue weighted by Crippen LogP contribution is -2.44. The Kier molecular flexibility index (Phi) is 1.18. The van der Waals surface area contributed by atoms with Crippen molar-refractivity contribution < 1.29 is 2.74 Å². The van der Waals surface area contributed by atoms with Crippen molar-refractivity contribution >= 4 is 0 Å². The van der Waals surface area contributed by atoms with Crippen LogP contribution in [0.1, 0.15) is 48.1 Å². The van der Waals surface area contributed by atoms with Crippen LogP contribution in [0.2, 0.25) is 0 Å². The third kappa shape index (κ3) is 0.900. The number of hydrogen-bond acceptors (Lipinski definition) is 0. The van der Waals surface area contributed by atoms with Crippen LogP contribution in [0.15, 0.2) is 0 Å². The molecule has 0 nitrogen and oxygen atoms in total. The van der Waals surface area contributed by atoms with Gasteiger partial charge in [-0.15, -0.1) is 0 Å². The molecule has 68 valence electrons. The summed E-state index contributed by atoms with van der Waals surface area (Å²) in [5.41, 5.74) is 0. The fourth-order valence-electron chi connectivity index (χ4n) is 4.40. The summed E-state index contributed by atoms with van der Waals surface area (Å²) >= 11 is 0. The Morgan fingerprint density at radius 1 is 1.00 bits per heavy atom. The Bertz CT molecular complexity index is 213. The van der Waals surface area contributed by atoms with Gasteiger partial charge in [-0.05, 0) is 61.7 Å². The summed E-state index contributed by atoms with van der Waals surface area (Å²) in [6, 6.07) is 0. The summed E-state index contributed by atoms with van der Waals surface area (Å²) in [5, 5.41) is 0. The van der Waals surface area contributed by atoms with Crippen LogP contribution in [0.4, 0.5) is 0 Å². The molecule has 0 amide bonds. The van der Waals surface area contributed by atoms with Gasteiger partial charge in [0, 0.05) is 2.74 Å². The third-order valence-electron chi connectivity index (χ3n) is 4.56. The summed E-state index contributed by atoms with van der Waals surface area (Å²) < 4.78 is 15.9. The quantitative estimate of drug-likeness (QED) is 0.559. The van der Waals surface area contributed by atoms with Gasteiger partial charge in [0.2, 0.25) is 0 Å². The van der Waals surface area contributed by atoms with Crippen molar-refractivity contribution in [1.29, 1.82) is 0 Å². The standard InChI is InChI=1S/C12H20/c1-2-12-10-4-8-3-9(6-10)7-11(12)5-8/h8-12H,2-7H2,1H3/i2D2. The van der Waals surface area contributed by atoms with E-state index in [0.717, 1.165) is 23.7 Å². The summed E-state index contributed by atoms with van der Waals surface area (Å²) in [4.78, 5) is 0. The van der Waals surface area contributed by atoms with Gasteiger partial charge in [0.25, 0.3) is 0 Å². The van der Waals surface area contributed by atoms with E-state index >= 15 is 0 Å². The average molecular weight is 166 g/mol. The van der Waals surface area contributed by atoms with Gasteiger partial charge in [-0.1, -0.05) is 13.3 Å². The first-order chi connectivity index (χ1) is 6.54. The van der Waals surface area contributed by atoms with Gasteiger partial charge in [0.15, 0.2) is 0 Å². The molecule has 0 heteroatoms. The normalized spacial score (nSPS) is 59.9. The zero-order valence-electron chi connectivity index (χ0n) is 9.92. The monoisotopic (exact) mass is 166 g/mol. The molecule has 4 fully saturated rings. The first-order valence-electron chi connectivity index (χ1n) is 6.54. The summed E-state index contributed by atoms with van der Waals surface area (Å²) in [6.45, 7) is 1.81. The van der Waals surface area contributed by atoms with Gasteiger partial charge in [-0.3, -0.25) is 0 Å². The smallest absolute Gasteiger partial charge is 0.0267 e. The van der Waals surface area contributed by atoms with Crippen molar-refractivity contribution in [3.05, 3.63) is 0 Å². The molecule has 4 aliphatic rings. The molecule has 0 aromatic rings. The van der Waals surface area contributed by atoms with Crippen LogP contribution in [-0.4, -0.2) is 0 Å². The predicted molar refractivity (Wildman–Crippen MR) is 50.8 cm³/mol. The zero-order chi connectivity index (χ0) is 9.92. The summed E-state index contributed by atoms with van der Waals surface area (Å²) in [5.74, 6) is 3.78.